The van der Waals surface area contributed by atoms with Crippen LogP contribution in [-0.2, 0) is 16.6 Å². The number of nitrogens with one attached hydrogen (secondary N) is 2. The third-order valence-electron chi connectivity index (χ3n) is 5.54. The van der Waals surface area contributed by atoms with Crippen molar-refractivity contribution < 1.29 is 13.2 Å². The summed E-state index contributed by atoms with van der Waals surface area (Å²) in [4.78, 5) is 17.4. The summed E-state index contributed by atoms with van der Waals surface area (Å²) < 4.78 is 25.2. The van der Waals surface area contributed by atoms with Crippen molar-refractivity contribution in [2.24, 2.45) is 0 Å². The second kappa shape index (κ2) is 10.1. The van der Waals surface area contributed by atoms with Crippen molar-refractivity contribution in [1.29, 1.82) is 0 Å². The Hall–Kier alpha value is -3.36. The van der Waals surface area contributed by atoms with Crippen LogP contribution in [0.25, 0.3) is 0 Å². The Kier molecular flexibility index (Phi) is 6.96. The van der Waals surface area contributed by atoms with E-state index >= 15 is 0 Å². The van der Waals surface area contributed by atoms with Gasteiger partial charge in [-0.15, -0.1) is 0 Å². The lowest BCUT2D eigenvalue weighted by Gasteiger charge is -2.36. The molecule has 0 radical (unpaired) electrons. The van der Waals surface area contributed by atoms with Crippen LogP contribution in [0.1, 0.15) is 15.9 Å². The monoisotopic (exact) mass is 464 g/mol. The molecule has 3 aromatic carbocycles. The van der Waals surface area contributed by atoms with E-state index < -0.39 is 10.0 Å². The Bertz CT molecular complexity index is 1190. The molecule has 3 aromatic rings. The Balaban J connectivity index is 1.31. The first-order valence-corrected chi connectivity index (χ1v) is 12.8. The van der Waals surface area contributed by atoms with E-state index in [0.717, 1.165) is 44.7 Å². The lowest BCUT2D eigenvalue weighted by molar-refractivity contribution is 0.102. The number of anilines is 3. The highest BCUT2D eigenvalue weighted by molar-refractivity contribution is 7.92. The van der Waals surface area contributed by atoms with Crippen LogP contribution in [0.2, 0.25) is 0 Å². The van der Waals surface area contributed by atoms with E-state index in [0.29, 0.717) is 16.9 Å². The van der Waals surface area contributed by atoms with Gasteiger partial charge in [-0.1, -0.05) is 36.4 Å². The summed E-state index contributed by atoms with van der Waals surface area (Å²) >= 11 is 0. The third kappa shape index (κ3) is 6.57. The second-order valence-corrected chi connectivity index (χ2v) is 9.95. The number of sulfonamides is 1. The Morgan fingerprint density at radius 2 is 1.55 bits per heavy atom. The molecular formula is C25H28N4O3S. The molecule has 0 unspecified atom stereocenters. The molecule has 0 bridgehead atoms. The molecule has 172 valence electrons. The van der Waals surface area contributed by atoms with E-state index in [1.165, 1.54) is 11.6 Å². The number of amides is 1. The highest BCUT2D eigenvalue weighted by Crippen LogP contribution is 2.21. The molecule has 1 heterocycles. The summed E-state index contributed by atoms with van der Waals surface area (Å²) in [5, 5.41) is 2.87. The summed E-state index contributed by atoms with van der Waals surface area (Å²) in [6, 6.07) is 24.8. The number of rotatable bonds is 7. The maximum Gasteiger partial charge on any atom is 0.255 e. The zero-order valence-corrected chi connectivity index (χ0v) is 19.4. The number of carbonyl (C=O) groups excluding carboxylic acids is 1. The SMILES string of the molecule is CS(=O)(=O)Nc1cccc(C(=O)Nc2ccc(N3CCN(Cc4ccccc4)CC3)cc2)c1. The molecule has 1 saturated heterocycles. The summed E-state index contributed by atoms with van der Waals surface area (Å²) in [7, 11) is -3.40. The molecule has 1 fully saturated rings. The summed E-state index contributed by atoms with van der Waals surface area (Å²) in [5.41, 5.74) is 3.89. The number of hydrogen-bond donors (Lipinski definition) is 2. The minimum absolute atomic E-state index is 0.297. The zero-order valence-electron chi connectivity index (χ0n) is 18.6. The van der Waals surface area contributed by atoms with Crippen LogP contribution in [0.3, 0.4) is 0 Å². The summed E-state index contributed by atoms with van der Waals surface area (Å²) in [6.45, 7) is 4.90. The number of piperazine rings is 1. The standard InChI is InChI=1S/C25H28N4O3S/c1-33(31,32)27-23-9-5-8-21(18-23)25(30)26-22-10-12-24(13-11-22)29-16-14-28(15-17-29)19-20-6-3-2-4-7-20/h2-13,18,27H,14-17,19H2,1H3,(H,26,30). The molecule has 1 aliphatic heterocycles. The average molecular weight is 465 g/mol. The largest absolute Gasteiger partial charge is 0.369 e. The molecule has 1 aliphatic rings. The minimum atomic E-state index is -3.40. The Labute approximate surface area is 195 Å². The molecule has 0 spiro atoms. The van der Waals surface area contributed by atoms with Crippen LogP contribution in [0, 0.1) is 0 Å². The van der Waals surface area contributed by atoms with Crippen molar-refractivity contribution >= 4 is 33.0 Å². The normalized spacial score (nSPS) is 14.6. The quantitative estimate of drug-likeness (QED) is 0.558. The van der Waals surface area contributed by atoms with Gasteiger partial charge in [-0.3, -0.25) is 14.4 Å². The van der Waals surface area contributed by atoms with Crippen molar-refractivity contribution in [2.45, 2.75) is 6.54 Å². The predicted octanol–water partition coefficient (Wildman–Crippen LogP) is 3.63. The molecule has 2 N–H and O–H groups in total. The summed E-state index contributed by atoms with van der Waals surface area (Å²) in [6.07, 6.45) is 1.07. The molecule has 8 heteroatoms. The number of nitrogens with zero attached hydrogens (tertiary/aromatic N) is 2. The Morgan fingerprint density at radius 3 is 2.21 bits per heavy atom. The Morgan fingerprint density at radius 1 is 0.848 bits per heavy atom. The van der Waals surface area contributed by atoms with Crippen molar-refractivity contribution in [3.63, 3.8) is 0 Å². The van der Waals surface area contributed by atoms with E-state index in [9.17, 15) is 13.2 Å². The molecule has 7 nitrogen and oxygen atoms in total. The van der Waals surface area contributed by atoms with E-state index in [4.69, 9.17) is 0 Å². The maximum absolute atomic E-state index is 12.6. The molecular weight excluding hydrogens is 436 g/mol. The van der Waals surface area contributed by atoms with Gasteiger partial charge in [-0.25, -0.2) is 8.42 Å². The summed E-state index contributed by atoms with van der Waals surface area (Å²) in [5.74, 6) is -0.297. The van der Waals surface area contributed by atoms with E-state index in [1.807, 2.05) is 30.3 Å². The van der Waals surface area contributed by atoms with Gasteiger partial charge in [-0.05, 0) is 48.0 Å². The molecule has 33 heavy (non-hydrogen) atoms. The van der Waals surface area contributed by atoms with Gasteiger partial charge in [0.2, 0.25) is 10.0 Å². The van der Waals surface area contributed by atoms with Crippen molar-refractivity contribution in [2.75, 3.05) is 47.4 Å². The predicted molar refractivity (Wildman–Crippen MR) is 133 cm³/mol. The highest BCUT2D eigenvalue weighted by atomic mass is 32.2. The molecule has 0 aromatic heterocycles. The van der Waals surface area contributed by atoms with Crippen molar-refractivity contribution in [1.82, 2.24) is 4.90 Å². The van der Waals surface area contributed by atoms with Crippen molar-refractivity contribution in [3.8, 4) is 0 Å². The lowest BCUT2D eigenvalue weighted by atomic mass is 10.1. The fraction of sp³-hybridized carbons (Fsp3) is 0.240. The third-order valence-corrected chi connectivity index (χ3v) is 6.15. The molecule has 0 aliphatic carbocycles. The van der Waals surface area contributed by atoms with Gasteiger partial charge in [0.1, 0.15) is 0 Å². The molecule has 0 saturated carbocycles. The maximum atomic E-state index is 12.6. The van der Waals surface area contributed by atoms with Gasteiger partial charge in [-0.2, -0.15) is 0 Å². The van der Waals surface area contributed by atoms with Gasteiger partial charge < -0.3 is 10.2 Å². The first-order chi connectivity index (χ1) is 15.9. The van der Waals surface area contributed by atoms with Gasteiger partial charge in [0.05, 0.1) is 6.26 Å². The van der Waals surface area contributed by atoms with Crippen LogP contribution in [0.15, 0.2) is 78.9 Å². The van der Waals surface area contributed by atoms with Gasteiger partial charge in [0.25, 0.3) is 5.91 Å². The molecule has 4 rings (SSSR count). The fourth-order valence-electron chi connectivity index (χ4n) is 3.90. The van der Waals surface area contributed by atoms with E-state index in [2.05, 4.69) is 44.1 Å². The van der Waals surface area contributed by atoms with E-state index in [1.54, 1.807) is 18.2 Å². The topological polar surface area (TPSA) is 81.7 Å². The van der Waals surface area contributed by atoms with Gasteiger partial charge >= 0.3 is 0 Å². The molecule has 1 amide bonds. The number of benzene rings is 3. The first kappa shape index (κ1) is 22.8. The zero-order chi connectivity index (χ0) is 23.3. The highest BCUT2D eigenvalue weighted by Gasteiger charge is 2.17. The van der Waals surface area contributed by atoms with Crippen molar-refractivity contribution in [3.05, 3.63) is 90.0 Å². The average Bonchev–Trinajstić information content (AvgIpc) is 2.80. The molecule has 0 atom stereocenters. The lowest BCUT2D eigenvalue weighted by Crippen LogP contribution is -2.45. The van der Waals surface area contributed by atoms with Crippen LogP contribution in [0.5, 0.6) is 0 Å². The van der Waals surface area contributed by atoms with Crippen LogP contribution in [0.4, 0.5) is 17.1 Å². The van der Waals surface area contributed by atoms with Crippen LogP contribution < -0.4 is 14.9 Å². The van der Waals surface area contributed by atoms with E-state index in [-0.39, 0.29) is 5.91 Å². The smallest absolute Gasteiger partial charge is 0.255 e. The van der Waals surface area contributed by atoms with Gasteiger partial charge in [0, 0.05) is 55.3 Å². The number of hydrogen-bond acceptors (Lipinski definition) is 5. The fourth-order valence-corrected chi connectivity index (χ4v) is 4.46. The minimum Gasteiger partial charge on any atom is -0.369 e. The van der Waals surface area contributed by atoms with Gasteiger partial charge in [0.15, 0.2) is 0 Å². The second-order valence-electron chi connectivity index (χ2n) is 8.20. The number of carbonyl (C=O) groups is 1. The van der Waals surface area contributed by atoms with Crippen LogP contribution in [-0.4, -0.2) is 51.7 Å². The van der Waals surface area contributed by atoms with Crippen LogP contribution >= 0.6 is 0 Å². The first-order valence-electron chi connectivity index (χ1n) is 10.9.